The highest BCUT2D eigenvalue weighted by Gasteiger charge is 2.25. The Morgan fingerprint density at radius 1 is 1.07 bits per heavy atom. The number of hydrogen-bond donors (Lipinski definition) is 1. The largest absolute Gasteiger partial charge is 0.370 e. The van der Waals surface area contributed by atoms with Gasteiger partial charge in [0.15, 0.2) is 9.84 Å². The fourth-order valence-corrected chi connectivity index (χ4v) is 4.20. The first-order valence-corrected chi connectivity index (χ1v) is 11.1. The van der Waals surface area contributed by atoms with Crippen molar-refractivity contribution in [1.29, 1.82) is 0 Å². The molecule has 1 aliphatic heterocycles. The molecule has 0 bridgehead atoms. The summed E-state index contributed by atoms with van der Waals surface area (Å²) in [5.41, 5.74) is 3.08. The second-order valence-electron chi connectivity index (χ2n) is 6.72. The van der Waals surface area contributed by atoms with Gasteiger partial charge in [0.25, 0.3) is 5.91 Å². The molecule has 0 atom stereocenters. The quantitative estimate of drug-likeness (QED) is 0.822. The lowest BCUT2D eigenvalue weighted by Crippen LogP contribution is -2.43. The zero-order valence-electron chi connectivity index (χ0n) is 15.5. The lowest BCUT2D eigenvalue weighted by atomic mass is 10.1. The first-order valence-electron chi connectivity index (χ1n) is 9.24. The summed E-state index contributed by atoms with van der Waals surface area (Å²) in [4.78, 5) is 18.3. The molecule has 6 nitrogen and oxygen atoms in total. The van der Waals surface area contributed by atoms with Gasteiger partial charge in [0.2, 0.25) is 0 Å². The van der Waals surface area contributed by atoms with Gasteiger partial charge in [0.05, 0.1) is 17.1 Å². The number of carbonyl (C=O) groups is 1. The molecule has 3 rings (SSSR count). The van der Waals surface area contributed by atoms with Crippen molar-refractivity contribution < 1.29 is 13.2 Å². The minimum absolute atomic E-state index is 0.0328. The first-order chi connectivity index (χ1) is 13.0. The number of sulfone groups is 1. The average molecular weight is 388 g/mol. The average Bonchev–Trinajstić information content (AvgIpc) is 2.68. The molecule has 0 unspecified atom stereocenters. The van der Waals surface area contributed by atoms with Crippen LogP contribution in [-0.2, 0) is 22.7 Å². The number of benzene rings is 1. The van der Waals surface area contributed by atoms with Crippen LogP contribution in [0.25, 0.3) is 0 Å². The van der Waals surface area contributed by atoms with E-state index in [0.29, 0.717) is 5.56 Å². The van der Waals surface area contributed by atoms with E-state index in [9.17, 15) is 13.2 Å². The van der Waals surface area contributed by atoms with E-state index in [2.05, 4.69) is 41.5 Å². The monoisotopic (exact) mass is 387 g/mol. The van der Waals surface area contributed by atoms with E-state index >= 15 is 0 Å². The van der Waals surface area contributed by atoms with Gasteiger partial charge in [-0.1, -0.05) is 31.2 Å². The molecule has 2 aromatic rings. The Hall–Kier alpha value is -2.41. The predicted octanol–water partition coefficient (Wildman–Crippen LogP) is 2.17. The van der Waals surface area contributed by atoms with Gasteiger partial charge >= 0.3 is 0 Å². The maximum absolute atomic E-state index is 12.4. The van der Waals surface area contributed by atoms with E-state index in [1.807, 2.05) is 0 Å². The number of carbonyl (C=O) groups excluding carboxylic acids is 1. The van der Waals surface area contributed by atoms with Gasteiger partial charge in [-0.05, 0) is 36.1 Å². The topological polar surface area (TPSA) is 79.4 Å². The molecule has 1 aliphatic rings. The zero-order valence-corrected chi connectivity index (χ0v) is 16.3. The number of hydrogen-bond acceptors (Lipinski definition) is 5. The molecule has 0 radical (unpaired) electrons. The van der Waals surface area contributed by atoms with Gasteiger partial charge in [0.1, 0.15) is 5.82 Å². The highest BCUT2D eigenvalue weighted by molar-refractivity contribution is 7.91. The third-order valence-electron chi connectivity index (χ3n) is 4.79. The molecule has 1 aromatic heterocycles. The van der Waals surface area contributed by atoms with Crippen molar-refractivity contribution in [3.8, 4) is 0 Å². The van der Waals surface area contributed by atoms with Gasteiger partial charge in [-0.2, -0.15) is 0 Å². The van der Waals surface area contributed by atoms with Crippen LogP contribution in [0.5, 0.6) is 0 Å². The van der Waals surface area contributed by atoms with Crippen LogP contribution in [0, 0.1) is 0 Å². The normalized spacial score (nSPS) is 16.1. The third kappa shape index (κ3) is 5.29. The summed E-state index contributed by atoms with van der Waals surface area (Å²) >= 11 is 0. The van der Waals surface area contributed by atoms with Crippen LogP contribution < -0.4 is 5.32 Å². The van der Waals surface area contributed by atoms with Gasteiger partial charge in [-0.3, -0.25) is 4.79 Å². The van der Waals surface area contributed by atoms with E-state index in [1.165, 1.54) is 11.1 Å². The molecule has 1 N–H and O–H groups in total. The molecule has 7 heteroatoms. The van der Waals surface area contributed by atoms with E-state index in [1.54, 1.807) is 23.2 Å². The van der Waals surface area contributed by atoms with E-state index in [0.717, 1.165) is 25.2 Å². The van der Waals surface area contributed by atoms with Crippen LogP contribution in [0.1, 0.15) is 28.4 Å². The van der Waals surface area contributed by atoms with Crippen molar-refractivity contribution >= 4 is 21.6 Å². The van der Waals surface area contributed by atoms with Crippen LogP contribution in [0.4, 0.5) is 5.82 Å². The zero-order chi connectivity index (χ0) is 19.3. The van der Waals surface area contributed by atoms with Gasteiger partial charge in [-0.15, -0.1) is 0 Å². The highest BCUT2D eigenvalue weighted by Crippen LogP contribution is 2.12. The number of aromatic nitrogens is 1. The Labute approximate surface area is 160 Å². The minimum atomic E-state index is -2.99. The smallest absolute Gasteiger partial charge is 0.255 e. The number of nitrogens with one attached hydrogen (secondary N) is 1. The fraction of sp³-hybridized carbons (Fsp3) is 0.400. The lowest BCUT2D eigenvalue weighted by molar-refractivity contribution is 0.0770. The van der Waals surface area contributed by atoms with E-state index < -0.39 is 9.84 Å². The van der Waals surface area contributed by atoms with Crippen LogP contribution in [-0.4, -0.2) is 55.3 Å². The van der Waals surface area contributed by atoms with Gasteiger partial charge < -0.3 is 10.2 Å². The van der Waals surface area contributed by atoms with Crippen LogP contribution >= 0.6 is 0 Å². The number of nitrogens with zero attached hydrogens (tertiary/aromatic N) is 2. The van der Waals surface area contributed by atoms with Crippen LogP contribution in [0.2, 0.25) is 0 Å². The highest BCUT2D eigenvalue weighted by atomic mass is 32.2. The predicted molar refractivity (Wildman–Crippen MR) is 107 cm³/mol. The Morgan fingerprint density at radius 3 is 2.33 bits per heavy atom. The Bertz CT molecular complexity index is 864. The molecule has 0 aliphatic carbocycles. The summed E-state index contributed by atoms with van der Waals surface area (Å²) in [5.74, 6) is 0.619. The number of amides is 1. The summed E-state index contributed by atoms with van der Waals surface area (Å²) in [7, 11) is -2.99. The van der Waals surface area contributed by atoms with Gasteiger partial charge in [-0.25, -0.2) is 13.4 Å². The van der Waals surface area contributed by atoms with Crippen molar-refractivity contribution in [3.63, 3.8) is 0 Å². The Balaban J connectivity index is 1.50. The van der Waals surface area contributed by atoms with Crippen molar-refractivity contribution in [2.45, 2.75) is 19.8 Å². The van der Waals surface area contributed by atoms with Crippen molar-refractivity contribution in [2.75, 3.05) is 36.5 Å². The summed E-state index contributed by atoms with van der Waals surface area (Å²) in [5, 5.41) is 3.26. The molecular weight excluding hydrogens is 362 g/mol. The molecule has 0 spiro atoms. The second-order valence-corrected chi connectivity index (χ2v) is 9.03. The molecule has 27 heavy (non-hydrogen) atoms. The Morgan fingerprint density at radius 2 is 1.74 bits per heavy atom. The molecular formula is C20H25N3O3S. The summed E-state index contributed by atoms with van der Waals surface area (Å²) < 4.78 is 23.0. The number of aryl methyl sites for hydroxylation is 1. The third-order valence-corrected chi connectivity index (χ3v) is 6.40. The molecule has 1 amide bonds. The fourth-order valence-electron chi connectivity index (χ4n) is 3.00. The SMILES string of the molecule is CCc1ccc(CCNc2ccc(C(=O)N3CCS(=O)(=O)CC3)cn2)cc1. The van der Waals surface area contributed by atoms with Crippen molar-refractivity contribution in [2.24, 2.45) is 0 Å². The van der Waals surface area contributed by atoms with E-state index in [-0.39, 0.29) is 30.5 Å². The number of anilines is 1. The summed E-state index contributed by atoms with van der Waals surface area (Å²) in [6.45, 7) is 3.40. The van der Waals surface area contributed by atoms with E-state index in [4.69, 9.17) is 0 Å². The summed E-state index contributed by atoms with van der Waals surface area (Å²) in [6.07, 6.45) is 3.49. The molecule has 2 heterocycles. The van der Waals surface area contributed by atoms with Crippen molar-refractivity contribution in [1.82, 2.24) is 9.88 Å². The molecule has 1 saturated heterocycles. The van der Waals surface area contributed by atoms with Crippen molar-refractivity contribution in [3.05, 3.63) is 59.3 Å². The number of pyridine rings is 1. The van der Waals surface area contributed by atoms with Crippen LogP contribution in [0.3, 0.4) is 0 Å². The minimum Gasteiger partial charge on any atom is -0.370 e. The molecule has 0 saturated carbocycles. The first kappa shape index (κ1) is 19.4. The molecule has 144 valence electrons. The van der Waals surface area contributed by atoms with Crippen LogP contribution in [0.15, 0.2) is 42.6 Å². The Kier molecular flexibility index (Phi) is 6.11. The summed E-state index contributed by atoms with van der Waals surface area (Å²) in [6, 6.07) is 12.1. The second kappa shape index (κ2) is 8.52. The lowest BCUT2D eigenvalue weighted by Gasteiger charge is -2.26. The molecule has 1 fully saturated rings. The maximum Gasteiger partial charge on any atom is 0.255 e. The number of rotatable bonds is 6. The standard InChI is InChI=1S/C20H25N3O3S/c1-2-16-3-5-17(6-4-16)9-10-21-19-8-7-18(15-22-19)20(24)23-11-13-27(25,26)14-12-23/h3-8,15H,2,9-14H2,1H3,(H,21,22). The molecule has 1 aromatic carbocycles. The van der Waals surface area contributed by atoms with Gasteiger partial charge in [0, 0.05) is 25.8 Å². The maximum atomic E-state index is 12.4.